The number of nitrogens with zero attached hydrogens (tertiary/aromatic N) is 3. The number of aromatic nitrogens is 1. The number of piperidine rings is 1. The van der Waals surface area contributed by atoms with Gasteiger partial charge in [-0.1, -0.05) is 13.8 Å². The zero-order valence-corrected chi connectivity index (χ0v) is 15.6. The van der Waals surface area contributed by atoms with Crippen molar-refractivity contribution in [1.29, 1.82) is 5.26 Å². The molecule has 24 heavy (non-hydrogen) atoms. The lowest BCUT2D eigenvalue weighted by Gasteiger charge is -2.33. The molecule has 0 saturated carbocycles. The summed E-state index contributed by atoms with van der Waals surface area (Å²) in [6, 6.07) is 4.42. The second kappa shape index (κ2) is 7.70. The first kappa shape index (κ1) is 18.3. The number of amides is 1. The maximum absolute atomic E-state index is 12.8. The molecule has 0 spiro atoms. The Morgan fingerprint density at radius 1 is 1.42 bits per heavy atom. The Balaban J connectivity index is 2.31. The summed E-state index contributed by atoms with van der Waals surface area (Å²) in [5, 5.41) is 9.51. The number of hydrogen-bond acceptors (Lipinski definition) is 2. The zero-order valence-electron chi connectivity index (χ0n) is 15.6. The standard InChI is InChI=1S/C20H29N3O/c1-14(2)13-23-16(4)10-18(17(23)5)11-19(12-21)20(24)22-9-7-6-8-15(22)3/h10-11,14-15H,6-9,13H2,1-5H3. The molecular formula is C20H29N3O. The lowest BCUT2D eigenvalue weighted by Crippen LogP contribution is -2.42. The highest BCUT2D eigenvalue weighted by Gasteiger charge is 2.26. The van der Waals surface area contributed by atoms with Gasteiger partial charge in [-0.05, 0) is 63.7 Å². The lowest BCUT2D eigenvalue weighted by molar-refractivity contribution is -0.129. The highest BCUT2D eigenvalue weighted by molar-refractivity contribution is 6.02. The number of carbonyl (C=O) groups is 1. The molecule has 0 N–H and O–H groups in total. The van der Waals surface area contributed by atoms with Crippen molar-refractivity contribution in [2.45, 2.75) is 66.5 Å². The van der Waals surface area contributed by atoms with E-state index in [1.807, 2.05) is 4.90 Å². The van der Waals surface area contributed by atoms with Gasteiger partial charge < -0.3 is 9.47 Å². The fraction of sp³-hybridized carbons (Fsp3) is 0.600. The maximum Gasteiger partial charge on any atom is 0.264 e. The summed E-state index contributed by atoms with van der Waals surface area (Å²) in [4.78, 5) is 14.6. The van der Waals surface area contributed by atoms with E-state index in [-0.39, 0.29) is 17.5 Å². The third-order valence-electron chi connectivity index (χ3n) is 4.88. The molecule has 1 atom stereocenters. The predicted molar refractivity (Wildman–Crippen MR) is 97.4 cm³/mol. The van der Waals surface area contributed by atoms with Crippen LogP contribution in [0.25, 0.3) is 6.08 Å². The van der Waals surface area contributed by atoms with E-state index < -0.39 is 0 Å². The number of carbonyl (C=O) groups excluding carboxylic acids is 1. The third-order valence-corrected chi connectivity index (χ3v) is 4.88. The van der Waals surface area contributed by atoms with Crippen LogP contribution in [-0.4, -0.2) is 28.0 Å². The van der Waals surface area contributed by atoms with Crippen molar-refractivity contribution in [2.75, 3.05) is 6.54 Å². The summed E-state index contributed by atoms with van der Waals surface area (Å²) in [5.41, 5.74) is 3.51. The van der Waals surface area contributed by atoms with Gasteiger partial charge in [0.2, 0.25) is 0 Å². The van der Waals surface area contributed by atoms with E-state index in [0.717, 1.165) is 43.6 Å². The van der Waals surface area contributed by atoms with Gasteiger partial charge in [-0.3, -0.25) is 4.79 Å². The Morgan fingerprint density at radius 3 is 2.71 bits per heavy atom. The van der Waals surface area contributed by atoms with E-state index in [2.05, 4.69) is 51.3 Å². The Hall–Kier alpha value is -2.02. The van der Waals surface area contributed by atoms with Crippen molar-refractivity contribution in [1.82, 2.24) is 9.47 Å². The van der Waals surface area contributed by atoms with Gasteiger partial charge >= 0.3 is 0 Å². The van der Waals surface area contributed by atoms with Crippen molar-refractivity contribution in [2.24, 2.45) is 5.92 Å². The molecule has 0 aromatic carbocycles. The van der Waals surface area contributed by atoms with Crippen LogP contribution in [0.15, 0.2) is 11.6 Å². The minimum absolute atomic E-state index is 0.127. The largest absolute Gasteiger partial charge is 0.348 e. The molecule has 1 aromatic heterocycles. The molecule has 4 nitrogen and oxygen atoms in total. The van der Waals surface area contributed by atoms with E-state index in [0.29, 0.717) is 5.92 Å². The number of aryl methyl sites for hydroxylation is 1. The van der Waals surface area contributed by atoms with Crippen molar-refractivity contribution in [3.05, 3.63) is 28.6 Å². The highest BCUT2D eigenvalue weighted by Crippen LogP contribution is 2.22. The lowest BCUT2D eigenvalue weighted by atomic mass is 10.0. The SMILES string of the molecule is Cc1cc(C=C(C#N)C(=O)N2CCCCC2C)c(C)n1CC(C)C. The zero-order chi connectivity index (χ0) is 17.9. The van der Waals surface area contributed by atoms with Crippen molar-refractivity contribution >= 4 is 12.0 Å². The first-order valence-corrected chi connectivity index (χ1v) is 8.94. The van der Waals surface area contributed by atoms with E-state index in [4.69, 9.17) is 0 Å². The average molecular weight is 327 g/mol. The third kappa shape index (κ3) is 3.90. The van der Waals surface area contributed by atoms with Crippen molar-refractivity contribution < 1.29 is 4.79 Å². The topological polar surface area (TPSA) is 49.0 Å². The van der Waals surface area contributed by atoms with Crippen LogP contribution in [0, 0.1) is 31.1 Å². The molecule has 1 aromatic rings. The molecule has 2 rings (SSSR count). The molecule has 0 bridgehead atoms. The van der Waals surface area contributed by atoms with Crippen LogP contribution < -0.4 is 0 Å². The summed E-state index contributed by atoms with van der Waals surface area (Å²) >= 11 is 0. The normalized spacial score (nSPS) is 18.8. The molecule has 4 heteroatoms. The predicted octanol–water partition coefficient (Wildman–Crippen LogP) is 4.07. The molecule has 1 amide bonds. The first-order chi connectivity index (χ1) is 11.3. The Kier molecular flexibility index (Phi) is 5.88. The van der Waals surface area contributed by atoms with Crippen LogP contribution in [-0.2, 0) is 11.3 Å². The summed E-state index contributed by atoms with van der Waals surface area (Å²) in [6.07, 6.45) is 4.97. The number of nitriles is 1. The van der Waals surface area contributed by atoms with Crippen LogP contribution in [0.5, 0.6) is 0 Å². The van der Waals surface area contributed by atoms with Gasteiger partial charge in [-0.15, -0.1) is 0 Å². The molecule has 1 unspecified atom stereocenters. The van der Waals surface area contributed by atoms with E-state index in [1.165, 1.54) is 5.69 Å². The van der Waals surface area contributed by atoms with Gasteiger partial charge in [-0.25, -0.2) is 0 Å². The number of likely N-dealkylation sites (tertiary alicyclic amines) is 1. The molecule has 1 aliphatic heterocycles. The Bertz CT molecular complexity index is 676. The van der Waals surface area contributed by atoms with Crippen LogP contribution in [0.1, 0.15) is 57.0 Å². The summed E-state index contributed by atoms with van der Waals surface area (Å²) < 4.78 is 2.26. The highest BCUT2D eigenvalue weighted by atomic mass is 16.2. The smallest absolute Gasteiger partial charge is 0.264 e. The van der Waals surface area contributed by atoms with Gasteiger partial charge in [0.15, 0.2) is 0 Å². The molecule has 1 saturated heterocycles. The van der Waals surface area contributed by atoms with Crippen LogP contribution in [0.4, 0.5) is 0 Å². The molecule has 2 heterocycles. The minimum Gasteiger partial charge on any atom is -0.348 e. The van der Waals surface area contributed by atoms with Crippen LogP contribution in [0.2, 0.25) is 0 Å². The molecule has 0 aliphatic carbocycles. The fourth-order valence-corrected chi connectivity index (χ4v) is 3.47. The van der Waals surface area contributed by atoms with Gasteiger partial charge in [-0.2, -0.15) is 5.26 Å². The van der Waals surface area contributed by atoms with Gasteiger partial charge in [0, 0.05) is 30.5 Å². The van der Waals surface area contributed by atoms with Crippen LogP contribution in [0.3, 0.4) is 0 Å². The average Bonchev–Trinajstić information content (AvgIpc) is 2.79. The second-order valence-electron chi connectivity index (χ2n) is 7.34. The summed E-state index contributed by atoms with van der Waals surface area (Å²) in [6.45, 7) is 12.3. The molecule has 130 valence electrons. The molecule has 1 fully saturated rings. The van der Waals surface area contributed by atoms with E-state index in [1.54, 1.807) is 6.08 Å². The Labute approximate surface area is 145 Å². The Morgan fingerprint density at radius 2 is 2.12 bits per heavy atom. The second-order valence-corrected chi connectivity index (χ2v) is 7.34. The molecular weight excluding hydrogens is 298 g/mol. The van der Waals surface area contributed by atoms with Gasteiger partial charge in [0.1, 0.15) is 11.6 Å². The first-order valence-electron chi connectivity index (χ1n) is 8.94. The van der Waals surface area contributed by atoms with Gasteiger partial charge in [0.05, 0.1) is 0 Å². The summed E-state index contributed by atoms with van der Waals surface area (Å²) in [7, 11) is 0. The monoisotopic (exact) mass is 327 g/mol. The number of rotatable bonds is 4. The molecule has 1 aliphatic rings. The van der Waals surface area contributed by atoms with Crippen molar-refractivity contribution in [3.8, 4) is 6.07 Å². The van der Waals surface area contributed by atoms with E-state index >= 15 is 0 Å². The van der Waals surface area contributed by atoms with Gasteiger partial charge in [0.25, 0.3) is 5.91 Å². The number of hydrogen-bond donors (Lipinski definition) is 0. The fourth-order valence-electron chi connectivity index (χ4n) is 3.47. The van der Waals surface area contributed by atoms with Crippen molar-refractivity contribution in [3.63, 3.8) is 0 Å². The van der Waals surface area contributed by atoms with Crippen LogP contribution >= 0.6 is 0 Å². The summed E-state index contributed by atoms with van der Waals surface area (Å²) in [5.74, 6) is 0.427. The maximum atomic E-state index is 12.8. The molecule has 0 radical (unpaired) electrons. The van der Waals surface area contributed by atoms with E-state index in [9.17, 15) is 10.1 Å². The minimum atomic E-state index is -0.127. The quantitative estimate of drug-likeness (QED) is 0.618.